The highest BCUT2D eigenvalue weighted by molar-refractivity contribution is 5.20. The molecule has 2 N–H and O–H groups in total. The third-order valence-corrected chi connectivity index (χ3v) is 2.47. The molecule has 1 aromatic rings. The lowest BCUT2D eigenvalue weighted by Gasteiger charge is -2.20. The summed E-state index contributed by atoms with van der Waals surface area (Å²) in [6, 6.07) is 6.90. The van der Waals surface area contributed by atoms with Crippen LogP contribution in [-0.2, 0) is 0 Å². The first-order chi connectivity index (χ1) is 7.15. The molecule has 84 valence electrons. The van der Waals surface area contributed by atoms with Crippen molar-refractivity contribution in [3.63, 3.8) is 0 Å². The minimum Gasteiger partial charge on any atom is -0.396 e. The number of benzene rings is 1. The summed E-state index contributed by atoms with van der Waals surface area (Å²) >= 11 is 0. The summed E-state index contributed by atoms with van der Waals surface area (Å²) in [5.74, 6) is -0.186. The average Bonchev–Trinajstić information content (AvgIpc) is 2.18. The lowest BCUT2D eigenvalue weighted by atomic mass is 10.1. The number of nitrogens with one attached hydrogen (secondary N) is 1. The van der Waals surface area contributed by atoms with Gasteiger partial charge in [0.2, 0.25) is 0 Å². The van der Waals surface area contributed by atoms with E-state index in [1.54, 1.807) is 12.1 Å². The Bertz CT molecular complexity index is 303. The van der Waals surface area contributed by atoms with Gasteiger partial charge in [-0.15, -0.1) is 0 Å². The molecule has 0 aliphatic rings. The van der Waals surface area contributed by atoms with E-state index < -0.39 is 0 Å². The van der Waals surface area contributed by atoms with Crippen LogP contribution in [0.25, 0.3) is 0 Å². The number of halogens is 1. The maximum atomic E-state index is 13.4. The summed E-state index contributed by atoms with van der Waals surface area (Å²) < 4.78 is 13.4. The van der Waals surface area contributed by atoms with Gasteiger partial charge in [0.15, 0.2) is 0 Å². The Kier molecular flexibility index (Phi) is 4.72. The van der Waals surface area contributed by atoms with E-state index in [0.717, 1.165) is 0 Å². The Morgan fingerprint density at radius 1 is 1.33 bits per heavy atom. The fraction of sp³-hybridized carbons (Fsp3) is 0.500. The van der Waals surface area contributed by atoms with E-state index >= 15 is 0 Å². The van der Waals surface area contributed by atoms with Gasteiger partial charge in [-0.05, 0) is 26.3 Å². The molecule has 0 fully saturated rings. The van der Waals surface area contributed by atoms with Crippen LogP contribution in [0.3, 0.4) is 0 Å². The summed E-state index contributed by atoms with van der Waals surface area (Å²) in [5, 5.41) is 12.0. The smallest absolute Gasteiger partial charge is 0.127 e. The molecule has 2 nitrogen and oxygen atoms in total. The Hall–Kier alpha value is -0.930. The number of hydrogen-bond acceptors (Lipinski definition) is 2. The second kappa shape index (κ2) is 5.83. The van der Waals surface area contributed by atoms with Gasteiger partial charge in [0.05, 0.1) is 0 Å². The predicted octanol–water partition coefficient (Wildman–Crippen LogP) is 2.25. The van der Waals surface area contributed by atoms with Gasteiger partial charge in [0, 0.05) is 24.3 Å². The molecule has 2 unspecified atom stereocenters. The topological polar surface area (TPSA) is 32.3 Å². The maximum absolute atomic E-state index is 13.4. The van der Waals surface area contributed by atoms with Gasteiger partial charge < -0.3 is 10.4 Å². The highest BCUT2D eigenvalue weighted by atomic mass is 19.1. The van der Waals surface area contributed by atoms with E-state index in [4.69, 9.17) is 5.11 Å². The average molecular weight is 211 g/mol. The lowest BCUT2D eigenvalue weighted by Crippen LogP contribution is -2.30. The number of aliphatic hydroxyl groups is 1. The Balaban J connectivity index is 2.61. The molecule has 0 aliphatic heterocycles. The Morgan fingerprint density at radius 3 is 2.60 bits per heavy atom. The fourth-order valence-corrected chi connectivity index (χ4v) is 1.62. The van der Waals surface area contributed by atoms with Crippen molar-refractivity contribution in [2.24, 2.45) is 0 Å². The number of aliphatic hydroxyl groups excluding tert-OH is 1. The van der Waals surface area contributed by atoms with E-state index in [-0.39, 0.29) is 24.5 Å². The second-order valence-corrected chi connectivity index (χ2v) is 3.82. The van der Waals surface area contributed by atoms with Gasteiger partial charge in [-0.1, -0.05) is 18.2 Å². The van der Waals surface area contributed by atoms with Gasteiger partial charge in [0.25, 0.3) is 0 Å². The molecule has 15 heavy (non-hydrogen) atoms. The van der Waals surface area contributed by atoms with Crippen LogP contribution in [0.1, 0.15) is 31.9 Å². The van der Waals surface area contributed by atoms with Crippen molar-refractivity contribution in [1.29, 1.82) is 0 Å². The minimum atomic E-state index is -0.186. The first kappa shape index (κ1) is 12.1. The monoisotopic (exact) mass is 211 g/mol. The minimum absolute atomic E-state index is 0.0345. The molecule has 0 spiro atoms. The van der Waals surface area contributed by atoms with Crippen LogP contribution in [0.15, 0.2) is 24.3 Å². The molecule has 0 saturated carbocycles. The highest BCUT2D eigenvalue weighted by Crippen LogP contribution is 2.16. The molecule has 2 atom stereocenters. The zero-order valence-corrected chi connectivity index (χ0v) is 9.20. The summed E-state index contributed by atoms with van der Waals surface area (Å²) in [6.07, 6.45) is 0.679. The summed E-state index contributed by atoms with van der Waals surface area (Å²) in [6.45, 7) is 4.05. The van der Waals surface area contributed by atoms with E-state index in [2.05, 4.69) is 5.32 Å². The van der Waals surface area contributed by atoms with E-state index in [0.29, 0.717) is 12.0 Å². The van der Waals surface area contributed by atoms with Crippen molar-refractivity contribution >= 4 is 0 Å². The molecular weight excluding hydrogens is 193 g/mol. The summed E-state index contributed by atoms with van der Waals surface area (Å²) in [5.41, 5.74) is 0.669. The van der Waals surface area contributed by atoms with Gasteiger partial charge in [-0.2, -0.15) is 0 Å². The van der Waals surface area contributed by atoms with Crippen LogP contribution in [0.4, 0.5) is 4.39 Å². The van der Waals surface area contributed by atoms with Crippen LogP contribution in [0, 0.1) is 5.82 Å². The molecular formula is C12H18FNO. The molecule has 0 heterocycles. The fourth-order valence-electron chi connectivity index (χ4n) is 1.62. The van der Waals surface area contributed by atoms with Crippen molar-refractivity contribution in [3.8, 4) is 0 Å². The molecule has 0 aliphatic carbocycles. The zero-order valence-electron chi connectivity index (χ0n) is 9.20. The largest absolute Gasteiger partial charge is 0.396 e. The first-order valence-electron chi connectivity index (χ1n) is 5.26. The molecule has 0 amide bonds. The maximum Gasteiger partial charge on any atom is 0.127 e. The van der Waals surface area contributed by atoms with Crippen molar-refractivity contribution < 1.29 is 9.50 Å². The Labute approximate surface area is 90.1 Å². The van der Waals surface area contributed by atoms with Crippen molar-refractivity contribution in [3.05, 3.63) is 35.6 Å². The lowest BCUT2D eigenvalue weighted by molar-refractivity contribution is 0.264. The molecule has 0 saturated heterocycles. The zero-order chi connectivity index (χ0) is 11.3. The van der Waals surface area contributed by atoms with Crippen LogP contribution in [0.2, 0.25) is 0 Å². The van der Waals surface area contributed by atoms with Gasteiger partial charge in [-0.25, -0.2) is 4.39 Å². The van der Waals surface area contributed by atoms with Crippen LogP contribution >= 0.6 is 0 Å². The molecule has 0 bridgehead atoms. The first-order valence-corrected chi connectivity index (χ1v) is 5.26. The number of rotatable bonds is 5. The highest BCUT2D eigenvalue weighted by Gasteiger charge is 2.12. The third-order valence-electron chi connectivity index (χ3n) is 2.47. The SMILES string of the molecule is CC(CCO)NC(C)c1ccccc1F. The molecule has 3 heteroatoms. The van der Waals surface area contributed by atoms with E-state index in [9.17, 15) is 4.39 Å². The molecule has 1 aromatic carbocycles. The van der Waals surface area contributed by atoms with Crippen LogP contribution in [-0.4, -0.2) is 17.8 Å². The summed E-state index contributed by atoms with van der Waals surface area (Å²) in [4.78, 5) is 0. The third kappa shape index (κ3) is 3.61. The second-order valence-electron chi connectivity index (χ2n) is 3.82. The van der Waals surface area contributed by atoms with Gasteiger partial charge in [-0.3, -0.25) is 0 Å². The van der Waals surface area contributed by atoms with Crippen molar-refractivity contribution in [1.82, 2.24) is 5.32 Å². The summed E-state index contributed by atoms with van der Waals surface area (Å²) in [7, 11) is 0. The molecule has 0 radical (unpaired) electrons. The van der Waals surface area contributed by atoms with Gasteiger partial charge >= 0.3 is 0 Å². The normalized spacial score (nSPS) is 14.9. The predicted molar refractivity (Wildman–Crippen MR) is 59.1 cm³/mol. The van der Waals surface area contributed by atoms with E-state index in [1.165, 1.54) is 6.07 Å². The van der Waals surface area contributed by atoms with Crippen LogP contribution in [0.5, 0.6) is 0 Å². The van der Waals surface area contributed by atoms with E-state index in [1.807, 2.05) is 19.9 Å². The van der Waals surface area contributed by atoms with Crippen LogP contribution < -0.4 is 5.32 Å². The van der Waals surface area contributed by atoms with Crippen molar-refractivity contribution in [2.45, 2.75) is 32.4 Å². The Morgan fingerprint density at radius 2 is 2.00 bits per heavy atom. The quantitative estimate of drug-likeness (QED) is 0.783. The molecule has 1 rings (SSSR count). The van der Waals surface area contributed by atoms with Gasteiger partial charge in [0.1, 0.15) is 5.82 Å². The number of hydrogen-bond donors (Lipinski definition) is 2. The standard InChI is InChI=1S/C12H18FNO/c1-9(7-8-15)14-10(2)11-5-3-4-6-12(11)13/h3-6,9-10,14-15H,7-8H2,1-2H3. The molecule has 0 aromatic heterocycles. The van der Waals surface area contributed by atoms with Crippen molar-refractivity contribution in [2.75, 3.05) is 6.61 Å².